The Bertz CT molecular complexity index is 649. The SMILES string of the molecule is Nc1ccc(S(=O)Cc2ccc(F)cc2F)c(Br)c1. The molecule has 0 bridgehead atoms. The molecule has 0 aliphatic heterocycles. The van der Waals surface area contributed by atoms with Crippen LogP contribution in [0.5, 0.6) is 0 Å². The van der Waals surface area contributed by atoms with Gasteiger partial charge in [-0.15, -0.1) is 0 Å². The van der Waals surface area contributed by atoms with Crippen LogP contribution in [0.4, 0.5) is 14.5 Å². The second-order valence-electron chi connectivity index (χ2n) is 3.92. The monoisotopic (exact) mass is 345 g/mol. The van der Waals surface area contributed by atoms with Crippen molar-refractivity contribution >= 4 is 32.4 Å². The first-order valence-corrected chi connectivity index (χ1v) is 7.46. The number of nitrogens with two attached hydrogens (primary N) is 1. The van der Waals surface area contributed by atoms with Gasteiger partial charge in [0, 0.05) is 21.8 Å². The molecule has 0 heterocycles. The number of rotatable bonds is 3. The van der Waals surface area contributed by atoms with Crippen molar-refractivity contribution in [1.82, 2.24) is 0 Å². The Morgan fingerprint density at radius 3 is 2.53 bits per heavy atom. The molecule has 1 atom stereocenters. The Kier molecular flexibility index (Phi) is 4.31. The zero-order chi connectivity index (χ0) is 14.0. The molecule has 0 spiro atoms. The van der Waals surface area contributed by atoms with Crippen molar-refractivity contribution in [2.75, 3.05) is 5.73 Å². The maximum Gasteiger partial charge on any atom is 0.130 e. The number of hydrogen-bond donors (Lipinski definition) is 1. The molecule has 0 aliphatic carbocycles. The van der Waals surface area contributed by atoms with Crippen molar-refractivity contribution in [1.29, 1.82) is 0 Å². The van der Waals surface area contributed by atoms with Crippen molar-refractivity contribution in [3.63, 3.8) is 0 Å². The van der Waals surface area contributed by atoms with Crippen molar-refractivity contribution in [2.45, 2.75) is 10.6 Å². The first kappa shape index (κ1) is 14.1. The molecule has 2 aromatic carbocycles. The fourth-order valence-corrected chi connectivity index (χ4v) is 3.67. The van der Waals surface area contributed by atoms with Gasteiger partial charge in [-0.25, -0.2) is 8.78 Å². The molecule has 19 heavy (non-hydrogen) atoms. The highest BCUT2D eigenvalue weighted by Gasteiger charge is 2.12. The average Bonchev–Trinajstić information content (AvgIpc) is 2.32. The Hall–Kier alpha value is -1.27. The van der Waals surface area contributed by atoms with Crippen LogP contribution in [0.1, 0.15) is 5.56 Å². The van der Waals surface area contributed by atoms with E-state index in [0.717, 1.165) is 12.1 Å². The molecule has 0 saturated carbocycles. The largest absolute Gasteiger partial charge is 0.399 e. The number of nitrogen functional groups attached to an aromatic ring is 1. The van der Waals surface area contributed by atoms with Gasteiger partial charge in [0.25, 0.3) is 0 Å². The quantitative estimate of drug-likeness (QED) is 0.863. The van der Waals surface area contributed by atoms with E-state index in [1.807, 2.05) is 0 Å². The predicted molar refractivity (Wildman–Crippen MR) is 75.0 cm³/mol. The topological polar surface area (TPSA) is 43.1 Å². The van der Waals surface area contributed by atoms with Crippen LogP contribution in [0, 0.1) is 11.6 Å². The lowest BCUT2D eigenvalue weighted by Crippen LogP contribution is -2.01. The van der Waals surface area contributed by atoms with Crippen molar-refractivity contribution < 1.29 is 13.0 Å². The van der Waals surface area contributed by atoms with E-state index in [4.69, 9.17) is 5.73 Å². The molecule has 2 N–H and O–H groups in total. The summed E-state index contributed by atoms with van der Waals surface area (Å²) in [7, 11) is -1.44. The maximum atomic E-state index is 13.5. The molecule has 0 saturated heterocycles. The summed E-state index contributed by atoms with van der Waals surface area (Å²) in [5.74, 6) is -1.37. The van der Waals surface area contributed by atoms with Gasteiger partial charge in [-0.2, -0.15) is 0 Å². The van der Waals surface area contributed by atoms with E-state index in [1.54, 1.807) is 18.2 Å². The van der Waals surface area contributed by atoms with E-state index >= 15 is 0 Å². The molecule has 2 rings (SSSR count). The second-order valence-corrected chi connectivity index (χ2v) is 6.19. The van der Waals surface area contributed by atoms with Crippen LogP contribution in [0.15, 0.2) is 45.8 Å². The maximum absolute atomic E-state index is 13.5. The normalized spacial score (nSPS) is 12.4. The van der Waals surface area contributed by atoms with Crippen LogP contribution >= 0.6 is 15.9 Å². The summed E-state index contributed by atoms with van der Waals surface area (Å²) in [4.78, 5) is 0.526. The summed E-state index contributed by atoms with van der Waals surface area (Å²) in [5.41, 5.74) is 6.34. The molecule has 0 amide bonds. The molecule has 0 aliphatic rings. The zero-order valence-corrected chi connectivity index (χ0v) is 12.1. The third kappa shape index (κ3) is 3.39. The average molecular weight is 346 g/mol. The van der Waals surface area contributed by atoms with Crippen molar-refractivity contribution in [3.8, 4) is 0 Å². The Balaban J connectivity index is 2.25. The van der Waals surface area contributed by atoms with E-state index in [9.17, 15) is 13.0 Å². The van der Waals surface area contributed by atoms with Gasteiger partial charge in [-0.05, 0) is 40.2 Å². The highest BCUT2D eigenvalue weighted by molar-refractivity contribution is 9.10. The Morgan fingerprint density at radius 1 is 1.16 bits per heavy atom. The molecule has 1 unspecified atom stereocenters. The minimum absolute atomic E-state index is 0.0192. The second kappa shape index (κ2) is 5.79. The number of hydrogen-bond acceptors (Lipinski definition) is 2. The summed E-state index contributed by atoms with van der Waals surface area (Å²) in [5, 5.41) is 0. The zero-order valence-electron chi connectivity index (χ0n) is 9.70. The minimum atomic E-state index is -1.44. The van der Waals surface area contributed by atoms with Gasteiger partial charge in [0.15, 0.2) is 0 Å². The first-order chi connectivity index (χ1) is 8.97. The van der Waals surface area contributed by atoms with E-state index < -0.39 is 22.4 Å². The van der Waals surface area contributed by atoms with E-state index in [0.29, 0.717) is 15.1 Å². The molecule has 6 heteroatoms. The van der Waals surface area contributed by atoms with Gasteiger partial charge in [-0.3, -0.25) is 4.21 Å². The molecule has 2 nitrogen and oxygen atoms in total. The van der Waals surface area contributed by atoms with Gasteiger partial charge in [0.1, 0.15) is 11.6 Å². The lowest BCUT2D eigenvalue weighted by molar-refractivity contribution is 0.576. The molecule has 100 valence electrons. The van der Waals surface area contributed by atoms with Gasteiger partial charge >= 0.3 is 0 Å². The van der Waals surface area contributed by atoms with Crippen molar-refractivity contribution in [3.05, 3.63) is 58.1 Å². The summed E-state index contributed by atoms with van der Waals surface area (Å²) >= 11 is 3.26. The summed E-state index contributed by atoms with van der Waals surface area (Å²) in [6.45, 7) is 0. The van der Waals surface area contributed by atoms with Crippen molar-refractivity contribution in [2.24, 2.45) is 0 Å². The molecule has 2 aromatic rings. The van der Waals surface area contributed by atoms with E-state index in [2.05, 4.69) is 15.9 Å². The van der Waals surface area contributed by atoms with Gasteiger partial charge in [0.05, 0.1) is 21.4 Å². The first-order valence-electron chi connectivity index (χ1n) is 5.34. The smallest absolute Gasteiger partial charge is 0.130 e. The van der Waals surface area contributed by atoms with Crippen LogP contribution in [0.25, 0.3) is 0 Å². The van der Waals surface area contributed by atoms with Gasteiger partial charge in [-0.1, -0.05) is 6.07 Å². The summed E-state index contributed by atoms with van der Waals surface area (Å²) in [6.07, 6.45) is 0. The fraction of sp³-hybridized carbons (Fsp3) is 0.0769. The molecule has 0 fully saturated rings. The number of benzene rings is 2. The number of halogens is 3. The Labute approximate surface area is 120 Å². The molecular formula is C13H10BrF2NOS. The summed E-state index contributed by atoms with van der Waals surface area (Å²) in [6, 6.07) is 8.11. The predicted octanol–water partition coefficient (Wildman–Crippen LogP) is 3.62. The molecule has 0 radical (unpaired) electrons. The highest BCUT2D eigenvalue weighted by Crippen LogP contribution is 2.25. The lowest BCUT2D eigenvalue weighted by Gasteiger charge is -2.07. The van der Waals surface area contributed by atoms with Crippen LogP contribution in [-0.4, -0.2) is 4.21 Å². The van der Waals surface area contributed by atoms with Crippen LogP contribution in [-0.2, 0) is 16.6 Å². The minimum Gasteiger partial charge on any atom is -0.399 e. The Morgan fingerprint density at radius 2 is 1.89 bits per heavy atom. The highest BCUT2D eigenvalue weighted by atomic mass is 79.9. The van der Waals surface area contributed by atoms with E-state index in [-0.39, 0.29) is 11.3 Å². The fourth-order valence-electron chi connectivity index (χ4n) is 1.56. The number of anilines is 1. The van der Waals surface area contributed by atoms with Crippen LogP contribution in [0.3, 0.4) is 0 Å². The van der Waals surface area contributed by atoms with Gasteiger partial charge in [0.2, 0.25) is 0 Å². The third-order valence-electron chi connectivity index (χ3n) is 2.50. The molecule has 0 aromatic heterocycles. The lowest BCUT2D eigenvalue weighted by atomic mass is 10.2. The molecular weight excluding hydrogens is 336 g/mol. The van der Waals surface area contributed by atoms with E-state index in [1.165, 1.54) is 6.07 Å². The standard InChI is InChI=1S/C13H10BrF2NOS/c14-11-6-10(17)3-4-13(11)19(18)7-8-1-2-9(15)5-12(8)16/h1-6H,7,17H2. The summed E-state index contributed by atoms with van der Waals surface area (Å²) < 4.78 is 39.0. The third-order valence-corrected chi connectivity index (χ3v) is 4.84. The van der Waals surface area contributed by atoms with Crippen LogP contribution in [0.2, 0.25) is 0 Å². The van der Waals surface area contributed by atoms with Gasteiger partial charge < -0.3 is 5.73 Å². The van der Waals surface area contributed by atoms with Crippen LogP contribution < -0.4 is 5.73 Å².